The Morgan fingerprint density at radius 2 is 1.79 bits per heavy atom. The predicted molar refractivity (Wildman–Crippen MR) is 86.0 cm³/mol. The minimum atomic E-state index is -1.62. The van der Waals surface area contributed by atoms with Crippen molar-refractivity contribution in [2.45, 2.75) is 38.9 Å². The maximum Gasteiger partial charge on any atom is 0.192 e. The number of hydrogen-bond acceptors (Lipinski definition) is 2. The molecule has 0 aliphatic heterocycles. The van der Waals surface area contributed by atoms with E-state index in [4.69, 9.17) is 10.8 Å². The zero-order chi connectivity index (χ0) is 14.5. The number of anilines is 1. The van der Waals surface area contributed by atoms with Crippen molar-refractivity contribution in [2.24, 2.45) is 0 Å². The van der Waals surface area contributed by atoms with Gasteiger partial charge in [-0.3, -0.25) is 0 Å². The summed E-state index contributed by atoms with van der Waals surface area (Å²) in [5.41, 5.74) is 1.99. The van der Waals surface area contributed by atoms with Gasteiger partial charge in [-0.2, -0.15) is 0 Å². The van der Waals surface area contributed by atoms with Crippen LogP contribution < -0.4 is 5.32 Å². The first-order valence-electron chi connectivity index (χ1n) is 6.71. The Morgan fingerprint density at radius 3 is 2.26 bits per heavy atom. The van der Waals surface area contributed by atoms with Gasteiger partial charge in [0.15, 0.2) is 8.32 Å². The standard InChI is InChI=1S/C16H25NOSi/c1-7-14-8-10-15(11-9-14)17-12-13-18-19(5,6)16(2,3)4/h1,8-11,17H,12-13H2,2-6H3. The lowest BCUT2D eigenvalue weighted by Crippen LogP contribution is -2.41. The van der Waals surface area contributed by atoms with Crippen molar-refractivity contribution in [1.82, 2.24) is 0 Å². The van der Waals surface area contributed by atoms with Crippen molar-refractivity contribution in [3.05, 3.63) is 29.8 Å². The molecule has 1 aromatic carbocycles. The Kier molecular flexibility index (Phi) is 5.22. The highest BCUT2D eigenvalue weighted by atomic mass is 28.4. The first-order chi connectivity index (χ1) is 8.76. The molecule has 0 bridgehead atoms. The Hall–Kier alpha value is -1.24. The van der Waals surface area contributed by atoms with Gasteiger partial charge in [0.2, 0.25) is 0 Å². The molecule has 0 atom stereocenters. The van der Waals surface area contributed by atoms with Crippen LogP contribution in [-0.4, -0.2) is 21.5 Å². The summed E-state index contributed by atoms with van der Waals surface area (Å²) < 4.78 is 6.10. The van der Waals surface area contributed by atoms with Crippen LogP contribution in [0.5, 0.6) is 0 Å². The van der Waals surface area contributed by atoms with Crippen molar-refractivity contribution >= 4 is 14.0 Å². The third-order valence-electron chi connectivity index (χ3n) is 3.75. The summed E-state index contributed by atoms with van der Waals surface area (Å²) in [7, 11) is -1.62. The Labute approximate surface area is 118 Å². The van der Waals surface area contributed by atoms with Crippen molar-refractivity contribution in [3.8, 4) is 12.3 Å². The molecule has 0 radical (unpaired) electrons. The maximum atomic E-state index is 6.10. The third kappa shape index (κ3) is 4.74. The van der Waals surface area contributed by atoms with Gasteiger partial charge in [-0.1, -0.05) is 26.7 Å². The fourth-order valence-electron chi connectivity index (χ4n) is 1.40. The van der Waals surface area contributed by atoms with E-state index in [1.54, 1.807) is 0 Å². The van der Waals surface area contributed by atoms with E-state index in [2.05, 4.69) is 45.1 Å². The molecule has 0 aliphatic carbocycles. The summed E-state index contributed by atoms with van der Waals surface area (Å²) in [5.74, 6) is 2.61. The maximum absolute atomic E-state index is 6.10. The van der Waals surface area contributed by atoms with Gasteiger partial charge in [-0.15, -0.1) is 6.42 Å². The monoisotopic (exact) mass is 275 g/mol. The molecular weight excluding hydrogens is 250 g/mol. The molecule has 0 aliphatic rings. The smallest absolute Gasteiger partial charge is 0.192 e. The average Bonchev–Trinajstić information content (AvgIpc) is 2.34. The number of nitrogens with one attached hydrogen (secondary N) is 1. The van der Waals surface area contributed by atoms with Gasteiger partial charge in [-0.05, 0) is 42.4 Å². The van der Waals surface area contributed by atoms with Gasteiger partial charge in [0.05, 0.1) is 6.61 Å². The van der Waals surface area contributed by atoms with Gasteiger partial charge in [0.25, 0.3) is 0 Å². The second-order valence-corrected chi connectivity index (χ2v) is 11.1. The van der Waals surface area contributed by atoms with E-state index in [0.717, 1.165) is 24.4 Å². The molecule has 19 heavy (non-hydrogen) atoms. The lowest BCUT2D eigenvalue weighted by Gasteiger charge is -2.36. The largest absolute Gasteiger partial charge is 0.415 e. The van der Waals surface area contributed by atoms with Crippen LogP contribution in [0.1, 0.15) is 26.3 Å². The van der Waals surface area contributed by atoms with Crippen LogP contribution in [0, 0.1) is 12.3 Å². The summed E-state index contributed by atoms with van der Waals surface area (Å²) in [6, 6.07) is 7.89. The predicted octanol–water partition coefficient (Wildman–Crippen LogP) is 4.10. The van der Waals surface area contributed by atoms with Crippen LogP contribution in [-0.2, 0) is 4.43 Å². The fourth-order valence-corrected chi connectivity index (χ4v) is 2.45. The van der Waals surface area contributed by atoms with Gasteiger partial charge >= 0.3 is 0 Å². The summed E-state index contributed by atoms with van der Waals surface area (Å²) >= 11 is 0. The molecule has 0 unspecified atom stereocenters. The minimum absolute atomic E-state index is 0.265. The van der Waals surface area contributed by atoms with E-state index in [0.29, 0.717) is 0 Å². The molecule has 1 rings (SSSR count). The van der Waals surface area contributed by atoms with Crippen molar-refractivity contribution in [1.29, 1.82) is 0 Å². The normalized spacial score (nSPS) is 12.0. The summed E-state index contributed by atoms with van der Waals surface area (Å²) in [6.07, 6.45) is 5.32. The Balaban J connectivity index is 2.37. The number of hydrogen-bond donors (Lipinski definition) is 1. The molecule has 1 N–H and O–H groups in total. The van der Waals surface area contributed by atoms with Crippen LogP contribution in [0.3, 0.4) is 0 Å². The molecule has 104 valence electrons. The summed E-state index contributed by atoms with van der Waals surface area (Å²) in [6.45, 7) is 12.9. The van der Waals surface area contributed by atoms with E-state index in [1.807, 2.05) is 24.3 Å². The quantitative estimate of drug-likeness (QED) is 0.496. The van der Waals surface area contributed by atoms with E-state index >= 15 is 0 Å². The van der Waals surface area contributed by atoms with E-state index in [9.17, 15) is 0 Å². The van der Waals surface area contributed by atoms with Crippen LogP contribution >= 0.6 is 0 Å². The Morgan fingerprint density at radius 1 is 1.21 bits per heavy atom. The van der Waals surface area contributed by atoms with E-state index in [1.165, 1.54) is 0 Å². The SMILES string of the molecule is C#Cc1ccc(NCCO[Si](C)(C)C(C)(C)C)cc1. The van der Waals surface area contributed by atoms with Crippen molar-refractivity contribution < 1.29 is 4.43 Å². The number of benzene rings is 1. The minimum Gasteiger partial charge on any atom is -0.415 e. The van der Waals surface area contributed by atoms with Gasteiger partial charge in [0.1, 0.15) is 0 Å². The van der Waals surface area contributed by atoms with Crippen LogP contribution in [0.15, 0.2) is 24.3 Å². The molecule has 0 spiro atoms. The third-order valence-corrected chi connectivity index (χ3v) is 8.29. The molecule has 2 nitrogen and oxygen atoms in total. The molecule has 3 heteroatoms. The van der Waals surface area contributed by atoms with Crippen LogP contribution in [0.2, 0.25) is 18.1 Å². The van der Waals surface area contributed by atoms with Crippen LogP contribution in [0.25, 0.3) is 0 Å². The first-order valence-corrected chi connectivity index (χ1v) is 9.61. The second-order valence-electron chi connectivity index (χ2n) is 6.26. The van der Waals surface area contributed by atoms with Crippen molar-refractivity contribution in [2.75, 3.05) is 18.5 Å². The molecule has 1 aromatic rings. The fraction of sp³-hybridized carbons (Fsp3) is 0.500. The molecule has 0 saturated carbocycles. The molecule has 0 fully saturated rings. The zero-order valence-electron chi connectivity index (χ0n) is 12.7. The Bertz CT molecular complexity index is 437. The van der Waals surface area contributed by atoms with Gasteiger partial charge in [0, 0.05) is 17.8 Å². The highest BCUT2D eigenvalue weighted by Crippen LogP contribution is 2.36. The molecule has 0 heterocycles. The number of terminal acetylenes is 1. The van der Waals surface area contributed by atoms with Crippen molar-refractivity contribution in [3.63, 3.8) is 0 Å². The molecule has 0 amide bonds. The van der Waals surface area contributed by atoms with E-state index in [-0.39, 0.29) is 5.04 Å². The topological polar surface area (TPSA) is 21.3 Å². The lowest BCUT2D eigenvalue weighted by atomic mass is 10.2. The highest BCUT2D eigenvalue weighted by Gasteiger charge is 2.36. The average molecular weight is 275 g/mol. The zero-order valence-corrected chi connectivity index (χ0v) is 13.7. The molecule has 0 aromatic heterocycles. The summed E-state index contributed by atoms with van der Waals surface area (Å²) in [5, 5.41) is 3.61. The second kappa shape index (κ2) is 6.27. The van der Waals surface area contributed by atoms with Gasteiger partial charge < -0.3 is 9.74 Å². The molecular formula is C16H25NOSi. The van der Waals surface area contributed by atoms with Gasteiger partial charge in [-0.25, -0.2) is 0 Å². The highest BCUT2D eigenvalue weighted by molar-refractivity contribution is 6.74. The van der Waals surface area contributed by atoms with E-state index < -0.39 is 8.32 Å². The number of rotatable bonds is 5. The van der Waals surface area contributed by atoms with Crippen LogP contribution in [0.4, 0.5) is 5.69 Å². The first kappa shape index (κ1) is 15.8. The lowest BCUT2D eigenvalue weighted by molar-refractivity contribution is 0.301. The summed E-state index contributed by atoms with van der Waals surface area (Å²) in [4.78, 5) is 0. The molecule has 0 saturated heterocycles.